The van der Waals surface area contributed by atoms with Gasteiger partial charge < -0.3 is 9.29 Å². The van der Waals surface area contributed by atoms with E-state index >= 15 is 0 Å². The van der Waals surface area contributed by atoms with Gasteiger partial charge in [-0.1, -0.05) is 11.6 Å². The van der Waals surface area contributed by atoms with Crippen LogP contribution in [0.5, 0.6) is 5.75 Å². The smallest absolute Gasteiger partial charge is 0.188 e. The van der Waals surface area contributed by atoms with Gasteiger partial charge in [0.2, 0.25) is 0 Å². The van der Waals surface area contributed by atoms with Crippen LogP contribution in [0, 0.1) is 0 Å². The standard InChI is InChI=1S/C7H7ClO3S/c1-11-5-2-3-6(8)7(4-5)12(9)10/h2-4H,1H3,(H,9,10). The third-order valence-corrected chi connectivity index (χ3v) is 2.48. The van der Waals surface area contributed by atoms with Crippen LogP contribution in [0.4, 0.5) is 0 Å². The summed E-state index contributed by atoms with van der Waals surface area (Å²) in [5, 5.41) is 0.261. The predicted molar refractivity (Wildman–Crippen MR) is 47.0 cm³/mol. The van der Waals surface area contributed by atoms with Gasteiger partial charge in [0.15, 0.2) is 11.1 Å². The number of ether oxygens (including phenoxy) is 1. The summed E-state index contributed by atoms with van der Waals surface area (Å²) >= 11 is 3.58. The van der Waals surface area contributed by atoms with Gasteiger partial charge in [-0.2, -0.15) is 0 Å². The lowest BCUT2D eigenvalue weighted by molar-refractivity contribution is 0.413. The summed E-state index contributed by atoms with van der Waals surface area (Å²) in [4.78, 5) is 0.163. The first-order valence-corrected chi connectivity index (χ1v) is 4.58. The highest BCUT2D eigenvalue weighted by atomic mass is 35.5. The van der Waals surface area contributed by atoms with Crippen LogP contribution in [0.15, 0.2) is 23.1 Å². The van der Waals surface area contributed by atoms with E-state index in [1.165, 1.54) is 19.2 Å². The molecule has 0 saturated heterocycles. The molecule has 1 unspecified atom stereocenters. The Balaban J connectivity index is 3.17. The Bertz CT molecular complexity index is 314. The molecule has 0 radical (unpaired) electrons. The third-order valence-electron chi connectivity index (χ3n) is 1.33. The van der Waals surface area contributed by atoms with Gasteiger partial charge in [-0.05, 0) is 12.1 Å². The third kappa shape index (κ3) is 1.97. The van der Waals surface area contributed by atoms with Gasteiger partial charge in [0.05, 0.1) is 17.0 Å². The van der Waals surface area contributed by atoms with E-state index in [2.05, 4.69) is 0 Å². The van der Waals surface area contributed by atoms with Crippen LogP contribution >= 0.6 is 11.6 Å². The fourth-order valence-electron chi connectivity index (χ4n) is 0.744. The molecule has 0 fully saturated rings. The molecule has 0 amide bonds. The number of rotatable bonds is 2. The van der Waals surface area contributed by atoms with Gasteiger partial charge >= 0.3 is 0 Å². The van der Waals surface area contributed by atoms with Gasteiger partial charge in [0.1, 0.15) is 5.75 Å². The second kappa shape index (κ2) is 3.89. The van der Waals surface area contributed by atoms with E-state index in [4.69, 9.17) is 20.9 Å². The van der Waals surface area contributed by atoms with Crippen LogP contribution in [0.3, 0.4) is 0 Å². The summed E-state index contributed by atoms with van der Waals surface area (Å²) in [6.07, 6.45) is 0. The van der Waals surface area contributed by atoms with Gasteiger partial charge in [-0.15, -0.1) is 0 Å². The van der Waals surface area contributed by atoms with Crippen molar-refractivity contribution in [2.75, 3.05) is 7.11 Å². The topological polar surface area (TPSA) is 46.5 Å². The van der Waals surface area contributed by atoms with E-state index in [9.17, 15) is 4.21 Å². The van der Waals surface area contributed by atoms with Gasteiger partial charge in [0, 0.05) is 6.07 Å². The Hall–Kier alpha value is -0.580. The Morgan fingerprint density at radius 3 is 2.75 bits per heavy atom. The molecule has 0 heterocycles. The molecule has 0 spiro atoms. The van der Waals surface area contributed by atoms with Crippen molar-refractivity contribution in [1.29, 1.82) is 0 Å². The molecular weight excluding hydrogens is 200 g/mol. The molecular formula is C7H7ClO3S. The van der Waals surface area contributed by atoms with Gasteiger partial charge in [-0.3, -0.25) is 0 Å². The van der Waals surface area contributed by atoms with Crippen molar-refractivity contribution in [2.24, 2.45) is 0 Å². The molecule has 0 saturated carbocycles. The first-order valence-electron chi connectivity index (χ1n) is 3.09. The normalized spacial score (nSPS) is 12.6. The molecule has 66 valence electrons. The predicted octanol–water partition coefficient (Wildman–Crippen LogP) is 1.93. The number of hydrogen-bond acceptors (Lipinski definition) is 2. The minimum absolute atomic E-state index is 0.163. The maximum Gasteiger partial charge on any atom is 0.188 e. The molecule has 1 aromatic rings. The van der Waals surface area contributed by atoms with Gasteiger partial charge in [0.25, 0.3) is 0 Å². The molecule has 0 aromatic heterocycles. The van der Waals surface area contributed by atoms with Crippen molar-refractivity contribution >= 4 is 22.7 Å². The molecule has 1 N–H and O–H groups in total. The summed E-state index contributed by atoms with van der Waals surface area (Å²) in [6, 6.07) is 4.57. The van der Waals surface area contributed by atoms with Crippen molar-refractivity contribution < 1.29 is 13.5 Å². The van der Waals surface area contributed by atoms with Crippen molar-refractivity contribution in [3.05, 3.63) is 23.2 Å². The minimum Gasteiger partial charge on any atom is -0.497 e. The number of benzene rings is 1. The average Bonchev–Trinajstić information content (AvgIpc) is 2.05. The molecule has 1 atom stereocenters. The lowest BCUT2D eigenvalue weighted by Gasteiger charge is -2.02. The number of methoxy groups -OCH3 is 1. The summed E-state index contributed by atoms with van der Waals surface area (Å²) in [7, 11) is 1.48. The van der Waals surface area contributed by atoms with Crippen LogP contribution in [0.25, 0.3) is 0 Å². The lowest BCUT2D eigenvalue weighted by atomic mass is 10.3. The molecule has 3 nitrogen and oxygen atoms in total. The average molecular weight is 207 g/mol. The Morgan fingerprint density at radius 1 is 1.58 bits per heavy atom. The molecule has 0 aliphatic carbocycles. The molecule has 5 heteroatoms. The van der Waals surface area contributed by atoms with Gasteiger partial charge in [-0.25, -0.2) is 4.21 Å². The van der Waals surface area contributed by atoms with Crippen molar-refractivity contribution in [3.8, 4) is 5.75 Å². The Labute approximate surface area is 77.6 Å². The number of hydrogen-bond donors (Lipinski definition) is 1. The van der Waals surface area contributed by atoms with Crippen LogP contribution in [0.2, 0.25) is 5.02 Å². The second-order valence-corrected chi connectivity index (χ2v) is 3.39. The molecule has 0 aliphatic heterocycles. The zero-order valence-corrected chi connectivity index (χ0v) is 7.85. The molecule has 1 rings (SSSR count). The summed E-state index contributed by atoms with van der Waals surface area (Å²) in [5.74, 6) is 0.511. The lowest BCUT2D eigenvalue weighted by Crippen LogP contribution is -1.91. The molecule has 12 heavy (non-hydrogen) atoms. The highest BCUT2D eigenvalue weighted by Gasteiger charge is 2.06. The van der Waals surface area contributed by atoms with Crippen molar-refractivity contribution in [3.63, 3.8) is 0 Å². The van der Waals surface area contributed by atoms with Crippen LogP contribution < -0.4 is 4.74 Å². The Morgan fingerprint density at radius 2 is 2.25 bits per heavy atom. The zero-order valence-electron chi connectivity index (χ0n) is 6.28. The first kappa shape index (κ1) is 9.51. The van der Waals surface area contributed by atoms with E-state index in [1.807, 2.05) is 0 Å². The van der Waals surface area contributed by atoms with Crippen molar-refractivity contribution in [2.45, 2.75) is 4.90 Å². The zero-order chi connectivity index (χ0) is 9.14. The number of halogens is 1. The molecule has 0 aliphatic rings. The minimum atomic E-state index is -2.06. The van der Waals surface area contributed by atoms with E-state index in [-0.39, 0.29) is 9.92 Å². The molecule has 1 aromatic carbocycles. The maximum absolute atomic E-state index is 10.7. The van der Waals surface area contributed by atoms with Crippen LogP contribution in [-0.2, 0) is 11.1 Å². The largest absolute Gasteiger partial charge is 0.497 e. The Kier molecular flexibility index (Phi) is 3.08. The maximum atomic E-state index is 10.7. The quantitative estimate of drug-likeness (QED) is 0.753. The first-order chi connectivity index (χ1) is 5.65. The highest BCUT2D eigenvalue weighted by Crippen LogP contribution is 2.23. The van der Waals surface area contributed by atoms with Crippen LogP contribution in [0.1, 0.15) is 0 Å². The monoisotopic (exact) mass is 206 g/mol. The second-order valence-electron chi connectivity index (χ2n) is 2.05. The SMILES string of the molecule is COc1ccc(Cl)c(S(=O)O)c1. The van der Waals surface area contributed by atoms with E-state index in [0.29, 0.717) is 5.75 Å². The van der Waals surface area contributed by atoms with E-state index in [0.717, 1.165) is 0 Å². The summed E-state index contributed by atoms with van der Waals surface area (Å²) in [6.45, 7) is 0. The fourth-order valence-corrected chi connectivity index (χ4v) is 1.51. The van der Waals surface area contributed by atoms with E-state index in [1.54, 1.807) is 6.07 Å². The fraction of sp³-hybridized carbons (Fsp3) is 0.143. The molecule has 0 bridgehead atoms. The summed E-state index contributed by atoms with van der Waals surface area (Å²) < 4.78 is 24.3. The highest BCUT2D eigenvalue weighted by molar-refractivity contribution is 7.79. The van der Waals surface area contributed by atoms with E-state index < -0.39 is 11.1 Å². The van der Waals surface area contributed by atoms with Crippen molar-refractivity contribution in [1.82, 2.24) is 0 Å². The van der Waals surface area contributed by atoms with Crippen LogP contribution in [-0.4, -0.2) is 15.9 Å². The summed E-state index contributed by atoms with van der Waals surface area (Å²) in [5.41, 5.74) is 0.